The Labute approximate surface area is 78.0 Å². The summed E-state index contributed by atoms with van der Waals surface area (Å²) in [6, 6.07) is 7.39. The first kappa shape index (κ1) is 9.56. The molecule has 0 saturated carbocycles. The highest BCUT2D eigenvalue weighted by Crippen LogP contribution is 2.27. The minimum Gasteiger partial charge on any atom is -0.388 e. The lowest BCUT2D eigenvalue weighted by Gasteiger charge is -2.15. The number of halogens is 1. The maximum atomic E-state index is 9.69. The van der Waals surface area contributed by atoms with Crippen LogP contribution < -0.4 is 0 Å². The molecule has 0 bridgehead atoms. The summed E-state index contributed by atoms with van der Waals surface area (Å²) in [5.41, 5.74) is 0.814. The topological polar surface area (TPSA) is 20.2 Å². The molecule has 0 aliphatic carbocycles. The molecule has 0 spiro atoms. The van der Waals surface area contributed by atoms with E-state index in [2.05, 4.69) is 0 Å². The fraction of sp³-hybridized carbons (Fsp3) is 0.400. The van der Waals surface area contributed by atoms with Crippen LogP contribution >= 0.6 is 11.6 Å². The molecular formula is C10H13ClO. The zero-order valence-corrected chi connectivity index (χ0v) is 8.05. The van der Waals surface area contributed by atoms with Crippen molar-refractivity contribution in [2.75, 3.05) is 0 Å². The van der Waals surface area contributed by atoms with Gasteiger partial charge in [0, 0.05) is 5.02 Å². The van der Waals surface area contributed by atoms with E-state index in [1.807, 2.05) is 32.0 Å². The fourth-order valence-corrected chi connectivity index (χ4v) is 1.32. The Hall–Kier alpha value is -0.530. The molecule has 1 nitrogen and oxygen atoms in total. The first-order valence-electron chi connectivity index (χ1n) is 4.05. The number of aliphatic hydroxyl groups excluding tert-OH is 1. The minimum absolute atomic E-state index is 0.199. The zero-order chi connectivity index (χ0) is 9.14. The molecule has 1 N–H and O–H groups in total. The third kappa shape index (κ3) is 1.99. The molecule has 0 aromatic heterocycles. The smallest absolute Gasteiger partial charge is 0.0827 e. The van der Waals surface area contributed by atoms with Crippen LogP contribution in [0, 0.1) is 5.92 Å². The van der Waals surface area contributed by atoms with Crippen LogP contribution in [0.3, 0.4) is 0 Å². The molecule has 0 aliphatic rings. The van der Waals surface area contributed by atoms with Gasteiger partial charge in [-0.2, -0.15) is 0 Å². The number of hydrogen-bond donors (Lipinski definition) is 1. The molecule has 1 atom stereocenters. The maximum absolute atomic E-state index is 9.69. The van der Waals surface area contributed by atoms with E-state index in [0.717, 1.165) is 5.56 Å². The SMILES string of the molecule is CC(C)C(O)c1ccccc1Cl. The second-order valence-corrected chi connectivity index (χ2v) is 3.62. The summed E-state index contributed by atoms with van der Waals surface area (Å²) in [6.07, 6.45) is -0.460. The van der Waals surface area contributed by atoms with Gasteiger partial charge in [-0.05, 0) is 17.5 Å². The van der Waals surface area contributed by atoms with Crippen molar-refractivity contribution < 1.29 is 5.11 Å². The number of benzene rings is 1. The average molecular weight is 185 g/mol. The Morgan fingerprint density at radius 2 is 1.83 bits per heavy atom. The van der Waals surface area contributed by atoms with Crippen LogP contribution in [0.5, 0.6) is 0 Å². The van der Waals surface area contributed by atoms with E-state index in [4.69, 9.17) is 11.6 Å². The predicted molar refractivity (Wildman–Crippen MR) is 51.2 cm³/mol. The highest BCUT2D eigenvalue weighted by molar-refractivity contribution is 6.31. The van der Waals surface area contributed by atoms with Crippen molar-refractivity contribution in [1.82, 2.24) is 0 Å². The van der Waals surface area contributed by atoms with Crippen LogP contribution in [0.15, 0.2) is 24.3 Å². The second kappa shape index (κ2) is 3.92. The molecule has 0 amide bonds. The van der Waals surface area contributed by atoms with Crippen molar-refractivity contribution in [2.24, 2.45) is 5.92 Å². The van der Waals surface area contributed by atoms with E-state index >= 15 is 0 Å². The van der Waals surface area contributed by atoms with E-state index in [1.165, 1.54) is 0 Å². The lowest BCUT2D eigenvalue weighted by Crippen LogP contribution is -2.05. The van der Waals surface area contributed by atoms with Gasteiger partial charge >= 0.3 is 0 Å². The predicted octanol–water partition coefficient (Wildman–Crippen LogP) is 3.03. The third-order valence-corrected chi connectivity index (χ3v) is 2.20. The molecule has 0 fully saturated rings. The van der Waals surface area contributed by atoms with Crippen LogP contribution in [-0.2, 0) is 0 Å². The van der Waals surface area contributed by atoms with E-state index in [0.29, 0.717) is 5.02 Å². The molecule has 12 heavy (non-hydrogen) atoms. The molecule has 0 aliphatic heterocycles. The van der Waals surface area contributed by atoms with E-state index in [9.17, 15) is 5.11 Å². The second-order valence-electron chi connectivity index (χ2n) is 3.21. The van der Waals surface area contributed by atoms with Crippen molar-refractivity contribution >= 4 is 11.6 Å². The summed E-state index contributed by atoms with van der Waals surface area (Å²) < 4.78 is 0. The highest BCUT2D eigenvalue weighted by atomic mass is 35.5. The molecule has 66 valence electrons. The van der Waals surface area contributed by atoms with Gasteiger partial charge in [-0.1, -0.05) is 43.6 Å². The number of rotatable bonds is 2. The summed E-state index contributed by atoms with van der Waals surface area (Å²) in [6.45, 7) is 3.93. The van der Waals surface area contributed by atoms with Crippen LogP contribution in [-0.4, -0.2) is 5.11 Å². The summed E-state index contributed by atoms with van der Waals surface area (Å²) in [7, 11) is 0. The first-order valence-corrected chi connectivity index (χ1v) is 4.43. The lowest BCUT2D eigenvalue weighted by molar-refractivity contribution is 0.127. The van der Waals surface area contributed by atoms with Crippen molar-refractivity contribution in [3.63, 3.8) is 0 Å². The van der Waals surface area contributed by atoms with E-state index in [1.54, 1.807) is 6.07 Å². The van der Waals surface area contributed by atoms with Gasteiger partial charge in [-0.15, -0.1) is 0 Å². The van der Waals surface area contributed by atoms with Gasteiger partial charge in [-0.3, -0.25) is 0 Å². The van der Waals surface area contributed by atoms with Gasteiger partial charge < -0.3 is 5.11 Å². The normalized spacial score (nSPS) is 13.4. The number of aliphatic hydroxyl groups is 1. The molecule has 1 unspecified atom stereocenters. The molecule has 0 heterocycles. The Balaban J connectivity index is 2.94. The van der Waals surface area contributed by atoms with Crippen LogP contribution in [0.4, 0.5) is 0 Å². The van der Waals surface area contributed by atoms with Crippen molar-refractivity contribution in [3.05, 3.63) is 34.9 Å². The first-order chi connectivity index (χ1) is 5.63. The average Bonchev–Trinajstić information content (AvgIpc) is 2.04. The Morgan fingerprint density at radius 1 is 1.25 bits per heavy atom. The van der Waals surface area contributed by atoms with Crippen LogP contribution in [0.25, 0.3) is 0 Å². The Morgan fingerprint density at radius 3 is 2.33 bits per heavy atom. The molecular weight excluding hydrogens is 172 g/mol. The van der Waals surface area contributed by atoms with Crippen molar-refractivity contribution in [3.8, 4) is 0 Å². The van der Waals surface area contributed by atoms with Gasteiger partial charge in [-0.25, -0.2) is 0 Å². The van der Waals surface area contributed by atoms with Crippen molar-refractivity contribution in [1.29, 1.82) is 0 Å². The maximum Gasteiger partial charge on any atom is 0.0827 e. The van der Waals surface area contributed by atoms with Gasteiger partial charge in [0.15, 0.2) is 0 Å². The molecule has 0 radical (unpaired) electrons. The summed E-state index contributed by atoms with van der Waals surface area (Å²) in [5.74, 6) is 0.199. The van der Waals surface area contributed by atoms with E-state index < -0.39 is 6.10 Å². The van der Waals surface area contributed by atoms with Gasteiger partial charge in [0.25, 0.3) is 0 Å². The van der Waals surface area contributed by atoms with Gasteiger partial charge in [0.05, 0.1) is 6.10 Å². The molecule has 0 saturated heterocycles. The van der Waals surface area contributed by atoms with Crippen LogP contribution in [0.2, 0.25) is 5.02 Å². The standard InChI is InChI=1S/C10H13ClO/c1-7(2)10(12)8-5-3-4-6-9(8)11/h3-7,10,12H,1-2H3. The van der Waals surface area contributed by atoms with Crippen LogP contribution in [0.1, 0.15) is 25.5 Å². The van der Waals surface area contributed by atoms with Gasteiger partial charge in [0.2, 0.25) is 0 Å². The number of hydrogen-bond acceptors (Lipinski definition) is 1. The zero-order valence-electron chi connectivity index (χ0n) is 7.29. The third-order valence-electron chi connectivity index (χ3n) is 1.86. The highest BCUT2D eigenvalue weighted by Gasteiger charge is 2.13. The summed E-state index contributed by atoms with van der Waals surface area (Å²) >= 11 is 5.90. The summed E-state index contributed by atoms with van der Waals surface area (Å²) in [4.78, 5) is 0. The van der Waals surface area contributed by atoms with Crippen molar-refractivity contribution in [2.45, 2.75) is 20.0 Å². The molecule has 1 rings (SSSR count). The lowest BCUT2D eigenvalue weighted by atomic mass is 9.99. The monoisotopic (exact) mass is 184 g/mol. The van der Waals surface area contributed by atoms with Gasteiger partial charge in [0.1, 0.15) is 0 Å². The minimum atomic E-state index is -0.460. The Kier molecular flexibility index (Phi) is 3.12. The quantitative estimate of drug-likeness (QED) is 0.749. The molecule has 2 heteroatoms. The molecule has 1 aromatic rings. The Bertz CT molecular complexity index is 258. The fourth-order valence-electron chi connectivity index (χ4n) is 1.07. The van der Waals surface area contributed by atoms with E-state index in [-0.39, 0.29) is 5.92 Å². The molecule has 1 aromatic carbocycles. The largest absolute Gasteiger partial charge is 0.388 e. The summed E-state index contributed by atoms with van der Waals surface area (Å²) in [5, 5.41) is 10.3.